The standard InChI is InChI=1S/C65H46N2/c1-40-17-14-27-49-55-39-53-48(61-51-25-11-13-30-58(51)67(63(40)49)64(55)61)36-34-41-33-35-45(38-52(41)53)66(59-31-15-26-47-46-23-9-8-18-42(46)37-54(47)59)60-32-16-29-57-62(60)50-24-10-12-28-56(50)65(57,43-19-4-2-5-20-43)44-21-6-3-7-22-44/h2,4-6,8-16,18-36,38-40H,3,7,17,37H2,1H3. The first-order chi connectivity index (χ1) is 33.2. The van der Waals surface area contributed by atoms with Crippen LogP contribution in [0.4, 0.5) is 17.1 Å². The molecule has 0 saturated carbocycles. The Hall–Kier alpha value is -7.94. The van der Waals surface area contributed by atoms with E-state index >= 15 is 0 Å². The van der Waals surface area contributed by atoms with E-state index in [-0.39, 0.29) is 0 Å². The summed E-state index contributed by atoms with van der Waals surface area (Å²) < 4.78 is 2.60. The lowest BCUT2D eigenvalue weighted by Crippen LogP contribution is -2.29. The molecule has 2 heterocycles. The summed E-state index contributed by atoms with van der Waals surface area (Å²) in [5.74, 6) is 0.439. The van der Waals surface area contributed by atoms with E-state index in [0.29, 0.717) is 5.92 Å². The number of rotatable bonds is 5. The van der Waals surface area contributed by atoms with E-state index in [4.69, 9.17) is 0 Å². The first-order valence-electron chi connectivity index (χ1n) is 24.2. The van der Waals surface area contributed by atoms with Crippen molar-refractivity contribution in [3.8, 4) is 22.3 Å². The molecule has 67 heavy (non-hydrogen) atoms. The quantitative estimate of drug-likeness (QED) is 0.157. The second-order valence-corrected chi connectivity index (χ2v) is 19.4. The summed E-state index contributed by atoms with van der Waals surface area (Å²) in [6.07, 6.45) is 16.1. The van der Waals surface area contributed by atoms with E-state index in [2.05, 4.69) is 223 Å². The van der Waals surface area contributed by atoms with Crippen LogP contribution in [0.15, 0.2) is 206 Å². The molecule has 0 aliphatic heterocycles. The Balaban J connectivity index is 1.05. The number of benzene rings is 9. The highest BCUT2D eigenvalue weighted by atomic mass is 15.1. The Morgan fingerprint density at radius 3 is 2.25 bits per heavy atom. The van der Waals surface area contributed by atoms with E-state index in [1.54, 1.807) is 0 Å². The zero-order valence-electron chi connectivity index (χ0n) is 37.4. The van der Waals surface area contributed by atoms with Crippen LogP contribution in [0.1, 0.15) is 71.2 Å². The lowest BCUT2D eigenvalue weighted by atomic mass is 9.66. The minimum atomic E-state index is -0.466. The molecule has 4 aliphatic carbocycles. The third-order valence-corrected chi connectivity index (χ3v) is 16.0. The maximum absolute atomic E-state index is 2.63. The van der Waals surface area contributed by atoms with Gasteiger partial charge in [-0.05, 0) is 127 Å². The SMILES string of the molecule is CC1CC=Cc2c1n1c3ccccc3c3c4ccc5ccc(N(c6cccc7c6Cc6ccccc6-7)c6cccc7c6-c6ccccc6C7(C6=CCCC=C6)c6ccccc6)cc5c4cc2c31. The molecule has 0 spiro atoms. The molecule has 0 N–H and O–H groups in total. The molecule has 0 amide bonds. The fraction of sp³-hybridized carbons (Fsp3) is 0.108. The minimum Gasteiger partial charge on any atom is -0.311 e. The predicted octanol–water partition coefficient (Wildman–Crippen LogP) is 17.1. The van der Waals surface area contributed by atoms with E-state index in [0.717, 1.165) is 31.4 Å². The molecule has 4 aliphatic rings. The van der Waals surface area contributed by atoms with Crippen molar-refractivity contribution in [2.24, 2.45) is 0 Å². The zero-order valence-corrected chi connectivity index (χ0v) is 37.4. The molecule has 0 fully saturated rings. The smallest absolute Gasteiger partial charge is 0.0711 e. The Kier molecular flexibility index (Phi) is 7.68. The number of anilines is 3. The zero-order chi connectivity index (χ0) is 44.0. The normalized spacial score (nSPS) is 17.9. The summed E-state index contributed by atoms with van der Waals surface area (Å²) in [5, 5.41) is 9.19. The highest BCUT2D eigenvalue weighted by Crippen LogP contribution is 2.61. The molecule has 2 unspecified atom stereocenters. The van der Waals surface area contributed by atoms with Crippen LogP contribution in [0.2, 0.25) is 0 Å². The van der Waals surface area contributed by atoms with Crippen LogP contribution in [0.3, 0.4) is 0 Å². The second-order valence-electron chi connectivity index (χ2n) is 19.4. The molecular formula is C65H46N2. The first kappa shape index (κ1) is 37.3. The number of allylic oxidation sites excluding steroid dienone is 5. The summed E-state index contributed by atoms with van der Waals surface area (Å²) >= 11 is 0. The van der Waals surface area contributed by atoms with E-state index in [1.165, 1.54) is 127 Å². The lowest BCUT2D eigenvalue weighted by Gasteiger charge is -2.36. The van der Waals surface area contributed by atoms with Crippen LogP contribution in [0.5, 0.6) is 0 Å². The van der Waals surface area contributed by atoms with Gasteiger partial charge in [0.2, 0.25) is 0 Å². The maximum atomic E-state index is 2.63. The van der Waals surface area contributed by atoms with Crippen molar-refractivity contribution in [1.29, 1.82) is 0 Å². The molecule has 0 saturated heterocycles. The predicted molar refractivity (Wildman–Crippen MR) is 282 cm³/mol. The fourth-order valence-corrected chi connectivity index (χ4v) is 13.3. The topological polar surface area (TPSA) is 7.65 Å². The Labute approximate surface area is 390 Å². The van der Waals surface area contributed by atoms with Crippen LogP contribution < -0.4 is 4.90 Å². The van der Waals surface area contributed by atoms with Gasteiger partial charge in [0.1, 0.15) is 0 Å². The van der Waals surface area contributed by atoms with Gasteiger partial charge in [0.15, 0.2) is 0 Å². The van der Waals surface area contributed by atoms with Crippen molar-refractivity contribution in [3.63, 3.8) is 0 Å². The van der Waals surface area contributed by atoms with Crippen molar-refractivity contribution in [2.75, 3.05) is 4.90 Å². The van der Waals surface area contributed by atoms with Crippen LogP contribution in [0.25, 0.3) is 77.1 Å². The van der Waals surface area contributed by atoms with Crippen molar-refractivity contribution < 1.29 is 0 Å². The summed E-state index contributed by atoms with van der Waals surface area (Å²) in [5.41, 5.74) is 22.0. The Morgan fingerprint density at radius 2 is 1.34 bits per heavy atom. The van der Waals surface area contributed by atoms with Gasteiger partial charge in [-0.3, -0.25) is 0 Å². The highest BCUT2D eigenvalue weighted by molar-refractivity contribution is 6.31. The third-order valence-electron chi connectivity index (χ3n) is 16.0. The van der Waals surface area contributed by atoms with Crippen molar-refractivity contribution in [2.45, 2.75) is 43.9 Å². The van der Waals surface area contributed by atoms with Crippen LogP contribution in [-0.2, 0) is 11.8 Å². The van der Waals surface area contributed by atoms with Crippen LogP contribution in [-0.4, -0.2) is 4.40 Å². The molecule has 0 bridgehead atoms. The fourth-order valence-electron chi connectivity index (χ4n) is 13.3. The van der Waals surface area contributed by atoms with Gasteiger partial charge in [0.05, 0.1) is 27.8 Å². The van der Waals surface area contributed by atoms with E-state index in [9.17, 15) is 0 Å². The Morgan fingerprint density at radius 1 is 0.567 bits per heavy atom. The molecule has 0 radical (unpaired) electrons. The van der Waals surface area contributed by atoms with Crippen molar-refractivity contribution >= 4 is 71.9 Å². The van der Waals surface area contributed by atoms with Crippen molar-refractivity contribution in [1.82, 2.24) is 4.40 Å². The van der Waals surface area contributed by atoms with Gasteiger partial charge in [-0.15, -0.1) is 0 Å². The number of para-hydroxylation sites is 1. The molecular weight excluding hydrogens is 809 g/mol. The molecule has 2 aromatic heterocycles. The van der Waals surface area contributed by atoms with Gasteiger partial charge >= 0.3 is 0 Å². The van der Waals surface area contributed by atoms with Gasteiger partial charge < -0.3 is 9.30 Å². The van der Waals surface area contributed by atoms with Crippen LogP contribution in [0, 0.1) is 0 Å². The summed E-state index contributed by atoms with van der Waals surface area (Å²) in [7, 11) is 0. The summed E-state index contributed by atoms with van der Waals surface area (Å²) in [4.78, 5) is 2.63. The average molecular weight is 855 g/mol. The van der Waals surface area contributed by atoms with Gasteiger partial charge in [0.25, 0.3) is 0 Å². The van der Waals surface area contributed by atoms with Gasteiger partial charge in [0, 0.05) is 51.0 Å². The highest BCUT2D eigenvalue weighted by Gasteiger charge is 2.48. The molecule has 15 rings (SSSR count). The Bertz CT molecular complexity index is 4010. The number of fused-ring (bicyclic) bond motifs is 16. The number of nitrogens with zero attached hydrogens (tertiary/aromatic N) is 2. The van der Waals surface area contributed by atoms with Crippen LogP contribution >= 0.6 is 0 Å². The summed E-state index contributed by atoms with van der Waals surface area (Å²) in [6.45, 7) is 2.39. The minimum absolute atomic E-state index is 0.439. The van der Waals surface area contributed by atoms with Gasteiger partial charge in [-0.25, -0.2) is 0 Å². The molecule has 2 heteroatoms. The van der Waals surface area contributed by atoms with Gasteiger partial charge in [-0.2, -0.15) is 0 Å². The maximum Gasteiger partial charge on any atom is 0.0711 e. The number of aromatic nitrogens is 1. The average Bonchev–Trinajstić information content (AvgIpc) is 4.13. The largest absolute Gasteiger partial charge is 0.311 e. The van der Waals surface area contributed by atoms with Gasteiger partial charge in [-0.1, -0.05) is 177 Å². The lowest BCUT2D eigenvalue weighted by molar-refractivity contribution is 0.738. The molecule has 316 valence electrons. The molecule has 11 aromatic rings. The molecule has 2 nitrogen and oxygen atoms in total. The first-order valence-corrected chi connectivity index (χ1v) is 24.2. The monoisotopic (exact) mass is 854 g/mol. The van der Waals surface area contributed by atoms with Crippen molar-refractivity contribution in [3.05, 3.63) is 245 Å². The number of hydrogen-bond acceptors (Lipinski definition) is 1. The summed E-state index contributed by atoms with van der Waals surface area (Å²) in [6, 6.07) is 67.2. The van der Waals surface area contributed by atoms with E-state index < -0.39 is 5.41 Å². The van der Waals surface area contributed by atoms with E-state index in [1.807, 2.05) is 0 Å². The number of hydrogen-bond donors (Lipinski definition) is 0. The molecule has 9 aromatic carbocycles. The molecule has 2 atom stereocenters. The third kappa shape index (κ3) is 4.90. The second kappa shape index (κ2) is 13.8.